The van der Waals surface area contributed by atoms with E-state index in [1.165, 1.54) is 68.3 Å². The molecule has 0 amide bonds. The lowest BCUT2D eigenvalue weighted by Gasteiger charge is -2.06. The molecule has 0 spiro atoms. The molecule has 120 valence electrons. The number of rotatable bonds is 11. The topological polar surface area (TPSA) is 29.9 Å². The third-order valence-corrected chi connectivity index (χ3v) is 4.64. The van der Waals surface area contributed by atoms with Gasteiger partial charge < -0.3 is 5.32 Å². The molecule has 1 N–H and O–H groups in total. The Balaban J connectivity index is 1.71. The van der Waals surface area contributed by atoms with E-state index in [0.717, 1.165) is 25.6 Å². The molecule has 3 nitrogen and oxygen atoms in total. The van der Waals surface area contributed by atoms with Crippen LogP contribution in [0.2, 0.25) is 0 Å². The smallest absolute Gasteiger partial charge is 0.0628 e. The Morgan fingerprint density at radius 2 is 1.81 bits per heavy atom. The second-order valence-electron chi connectivity index (χ2n) is 6.62. The van der Waals surface area contributed by atoms with Crippen LogP contribution in [0.1, 0.15) is 75.2 Å². The molecule has 3 heteroatoms. The number of nitrogens with zero attached hydrogens (tertiary/aromatic N) is 2. The Labute approximate surface area is 130 Å². The van der Waals surface area contributed by atoms with Crippen molar-refractivity contribution in [2.45, 2.75) is 91.1 Å². The Morgan fingerprint density at radius 3 is 2.52 bits per heavy atom. The van der Waals surface area contributed by atoms with Crippen molar-refractivity contribution in [3.63, 3.8) is 0 Å². The van der Waals surface area contributed by atoms with Gasteiger partial charge in [-0.2, -0.15) is 5.10 Å². The SMILES string of the molecule is CCCCCCCCn1nc(C)c(CCNC2CC2)c1C. The summed E-state index contributed by atoms with van der Waals surface area (Å²) in [5.41, 5.74) is 4.09. The van der Waals surface area contributed by atoms with Gasteiger partial charge in [0.2, 0.25) is 0 Å². The van der Waals surface area contributed by atoms with Crippen LogP contribution in [0.5, 0.6) is 0 Å². The molecule has 0 unspecified atom stereocenters. The van der Waals surface area contributed by atoms with Gasteiger partial charge in [0.25, 0.3) is 0 Å². The van der Waals surface area contributed by atoms with Crippen LogP contribution in [0.3, 0.4) is 0 Å². The highest BCUT2D eigenvalue weighted by molar-refractivity contribution is 5.24. The predicted octanol–water partition coefficient (Wildman–Crippen LogP) is 4.15. The molecule has 0 aliphatic heterocycles. The average molecular weight is 291 g/mol. The first-order valence-corrected chi connectivity index (χ1v) is 8.98. The summed E-state index contributed by atoms with van der Waals surface area (Å²) in [5.74, 6) is 0. The summed E-state index contributed by atoms with van der Waals surface area (Å²) >= 11 is 0. The van der Waals surface area contributed by atoms with E-state index in [0.29, 0.717) is 0 Å². The number of nitrogens with one attached hydrogen (secondary N) is 1. The second kappa shape index (κ2) is 8.57. The van der Waals surface area contributed by atoms with Gasteiger partial charge in [-0.3, -0.25) is 4.68 Å². The van der Waals surface area contributed by atoms with Crippen molar-refractivity contribution in [1.29, 1.82) is 0 Å². The molecule has 0 bridgehead atoms. The number of unbranched alkanes of at least 4 members (excludes halogenated alkanes) is 5. The number of aromatic nitrogens is 2. The third kappa shape index (κ3) is 5.46. The Kier molecular flexibility index (Phi) is 6.75. The molecule has 0 aromatic carbocycles. The van der Waals surface area contributed by atoms with E-state index >= 15 is 0 Å². The molecule has 1 aliphatic rings. The van der Waals surface area contributed by atoms with Crippen LogP contribution < -0.4 is 5.32 Å². The van der Waals surface area contributed by atoms with Crippen molar-refractivity contribution in [3.8, 4) is 0 Å². The average Bonchev–Trinajstić information content (AvgIpc) is 3.25. The van der Waals surface area contributed by atoms with Crippen molar-refractivity contribution in [2.24, 2.45) is 0 Å². The van der Waals surface area contributed by atoms with E-state index in [4.69, 9.17) is 5.10 Å². The summed E-state index contributed by atoms with van der Waals surface area (Å²) in [5, 5.41) is 8.35. The van der Waals surface area contributed by atoms with Crippen LogP contribution in [-0.2, 0) is 13.0 Å². The van der Waals surface area contributed by atoms with Crippen LogP contribution in [0.15, 0.2) is 0 Å². The number of aryl methyl sites for hydroxylation is 2. The fourth-order valence-electron chi connectivity index (χ4n) is 3.04. The molecule has 21 heavy (non-hydrogen) atoms. The minimum atomic E-state index is 0.809. The molecule has 0 atom stereocenters. The standard InChI is InChI=1S/C18H33N3/c1-4-5-6-7-8-9-14-21-16(3)18(15(2)20-21)12-13-19-17-10-11-17/h17,19H,4-14H2,1-3H3. The molecular formula is C18H33N3. The van der Waals surface area contributed by atoms with Gasteiger partial charge in [0.15, 0.2) is 0 Å². The van der Waals surface area contributed by atoms with Crippen LogP contribution in [0, 0.1) is 13.8 Å². The van der Waals surface area contributed by atoms with Crippen LogP contribution in [-0.4, -0.2) is 22.4 Å². The molecule has 2 rings (SSSR count). The molecule has 1 aliphatic carbocycles. The van der Waals surface area contributed by atoms with Crippen molar-refractivity contribution in [3.05, 3.63) is 17.0 Å². The molecular weight excluding hydrogens is 258 g/mol. The lowest BCUT2D eigenvalue weighted by atomic mass is 10.1. The van der Waals surface area contributed by atoms with E-state index in [1.54, 1.807) is 0 Å². The summed E-state index contributed by atoms with van der Waals surface area (Å²) in [6, 6.07) is 0.809. The van der Waals surface area contributed by atoms with Gasteiger partial charge >= 0.3 is 0 Å². The molecule has 0 radical (unpaired) electrons. The Morgan fingerprint density at radius 1 is 1.10 bits per heavy atom. The molecule has 1 heterocycles. The normalized spacial score (nSPS) is 14.8. The largest absolute Gasteiger partial charge is 0.314 e. The first-order valence-electron chi connectivity index (χ1n) is 8.98. The zero-order valence-corrected chi connectivity index (χ0v) is 14.2. The maximum Gasteiger partial charge on any atom is 0.0628 e. The van der Waals surface area contributed by atoms with Crippen molar-refractivity contribution in [2.75, 3.05) is 6.54 Å². The van der Waals surface area contributed by atoms with Crippen molar-refractivity contribution in [1.82, 2.24) is 15.1 Å². The van der Waals surface area contributed by atoms with E-state index in [-0.39, 0.29) is 0 Å². The summed E-state index contributed by atoms with van der Waals surface area (Å²) in [7, 11) is 0. The minimum Gasteiger partial charge on any atom is -0.314 e. The fraction of sp³-hybridized carbons (Fsp3) is 0.833. The number of hydrogen-bond acceptors (Lipinski definition) is 2. The van der Waals surface area contributed by atoms with E-state index in [9.17, 15) is 0 Å². The summed E-state index contributed by atoms with van der Waals surface area (Å²) in [6.45, 7) is 8.88. The lowest BCUT2D eigenvalue weighted by molar-refractivity contribution is 0.517. The van der Waals surface area contributed by atoms with E-state index in [2.05, 4.69) is 30.8 Å². The number of hydrogen-bond donors (Lipinski definition) is 1. The second-order valence-corrected chi connectivity index (χ2v) is 6.62. The van der Waals surface area contributed by atoms with Gasteiger partial charge in [-0.1, -0.05) is 39.0 Å². The third-order valence-electron chi connectivity index (χ3n) is 4.64. The lowest BCUT2D eigenvalue weighted by Crippen LogP contribution is -2.19. The van der Waals surface area contributed by atoms with Crippen LogP contribution >= 0.6 is 0 Å². The Hall–Kier alpha value is -0.830. The zero-order valence-electron chi connectivity index (χ0n) is 14.2. The molecule has 1 fully saturated rings. The summed E-state index contributed by atoms with van der Waals surface area (Å²) in [4.78, 5) is 0. The van der Waals surface area contributed by atoms with Gasteiger partial charge in [-0.05, 0) is 51.6 Å². The summed E-state index contributed by atoms with van der Waals surface area (Å²) < 4.78 is 2.24. The zero-order chi connectivity index (χ0) is 15.1. The monoisotopic (exact) mass is 291 g/mol. The van der Waals surface area contributed by atoms with Gasteiger partial charge in [-0.15, -0.1) is 0 Å². The fourth-order valence-corrected chi connectivity index (χ4v) is 3.04. The van der Waals surface area contributed by atoms with Gasteiger partial charge in [-0.25, -0.2) is 0 Å². The molecule has 1 saturated carbocycles. The van der Waals surface area contributed by atoms with Gasteiger partial charge in [0.1, 0.15) is 0 Å². The molecule has 1 aromatic rings. The maximum atomic E-state index is 4.75. The van der Waals surface area contributed by atoms with Crippen molar-refractivity contribution >= 4 is 0 Å². The van der Waals surface area contributed by atoms with Gasteiger partial charge in [0.05, 0.1) is 5.69 Å². The highest BCUT2D eigenvalue weighted by Gasteiger charge is 2.20. The predicted molar refractivity (Wildman–Crippen MR) is 89.8 cm³/mol. The first kappa shape index (κ1) is 16.5. The van der Waals surface area contributed by atoms with E-state index < -0.39 is 0 Å². The van der Waals surface area contributed by atoms with E-state index in [1.807, 2.05) is 0 Å². The van der Waals surface area contributed by atoms with Gasteiger partial charge in [0, 0.05) is 18.3 Å². The summed E-state index contributed by atoms with van der Waals surface area (Å²) in [6.07, 6.45) is 12.0. The quantitative estimate of drug-likeness (QED) is 0.621. The Bertz CT molecular complexity index is 418. The van der Waals surface area contributed by atoms with Crippen LogP contribution in [0.25, 0.3) is 0 Å². The first-order chi connectivity index (χ1) is 10.2. The van der Waals surface area contributed by atoms with Crippen LogP contribution in [0.4, 0.5) is 0 Å². The minimum absolute atomic E-state index is 0.809. The van der Waals surface area contributed by atoms with Crippen molar-refractivity contribution < 1.29 is 0 Å². The highest BCUT2D eigenvalue weighted by atomic mass is 15.3. The highest BCUT2D eigenvalue weighted by Crippen LogP contribution is 2.19. The molecule has 1 aromatic heterocycles. The maximum absolute atomic E-state index is 4.75. The molecule has 0 saturated heterocycles.